The molecule has 10 heteroatoms. The highest BCUT2D eigenvalue weighted by molar-refractivity contribution is 5.89. The summed E-state index contributed by atoms with van der Waals surface area (Å²) in [6.07, 6.45) is -4.71. The van der Waals surface area contributed by atoms with Crippen molar-refractivity contribution in [3.63, 3.8) is 0 Å². The highest BCUT2D eigenvalue weighted by Crippen LogP contribution is 2.33. The van der Waals surface area contributed by atoms with E-state index in [9.17, 15) is 24.6 Å². The molecule has 0 aromatic carbocycles. The molecule has 6 N–H and O–H groups in total. The third kappa shape index (κ3) is 4.96. The second kappa shape index (κ2) is 8.53. The molecule has 0 spiro atoms. The second-order valence-electron chi connectivity index (χ2n) is 5.35. The van der Waals surface area contributed by atoms with E-state index in [2.05, 4.69) is 0 Å². The zero-order valence-electron chi connectivity index (χ0n) is 13.3. The molecule has 2 unspecified atom stereocenters. The number of carbonyl (C=O) groups is 3. The van der Waals surface area contributed by atoms with E-state index in [4.69, 9.17) is 14.9 Å². The molecular weight excluding hydrogens is 312 g/mol. The van der Waals surface area contributed by atoms with Gasteiger partial charge in [0.15, 0.2) is 0 Å². The van der Waals surface area contributed by atoms with Gasteiger partial charge in [0.05, 0.1) is 13.2 Å². The molecule has 0 rings (SSSR count). The molecular formula is C13H24N2O8. The van der Waals surface area contributed by atoms with Crippen LogP contribution in [0.1, 0.15) is 33.6 Å². The maximum Gasteiger partial charge on any atom is 0.407 e. The Morgan fingerprint density at radius 2 is 1.61 bits per heavy atom. The zero-order valence-corrected chi connectivity index (χ0v) is 13.3. The lowest BCUT2D eigenvalue weighted by molar-refractivity contribution is -0.166. The molecule has 2 atom stereocenters. The van der Waals surface area contributed by atoms with Crippen molar-refractivity contribution < 1.29 is 39.5 Å². The van der Waals surface area contributed by atoms with E-state index in [1.54, 1.807) is 17.6 Å². The summed E-state index contributed by atoms with van der Waals surface area (Å²) in [5.74, 6) is -1.31. The van der Waals surface area contributed by atoms with Crippen LogP contribution in [0.2, 0.25) is 0 Å². The summed E-state index contributed by atoms with van der Waals surface area (Å²) >= 11 is 0. The largest absolute Gasteiger partial charge is 0.465 e. The summed E-state index contributed by atoms with van der Waals surface area (Å²) in [4.78, 5) is 34.3. The van der Waals surface area contributed by atoms with Gasteiger partial charge < -0.3 is 25.2 Å². The van der Waals surface area contributed by atoms with Crippen LogP contribution >= 0.6 is 0 Å². The van der Waals surface area contributed by atoms with Crippen LogP contribution in [-0.2, 0) is 9.53 Å². The predicted octanol–water partition coefficient (Wildman–Crippen LogP) is -0.0594. The van der Waals surface area contributed by atoms with Crippen LogP contribution in [0.15, 0.2) is 0 Å². The number of hydrogen-bond acceptors (Lipinski definition) is 6. The molecule has 0 saturated carbocycles. The molecule has 0 bridgehead atoms. The lowest BCUT2D eigenvalue weighted by Crippen LogP contribution is -2.75. The van der Waals surface area contributed by atoms with Crippen molar-refractivity contribution in [2.45, 2.75) is 45.4 Å². The maximum atomic E-state index is 12.2. The quantitative estimate of drug-likeness (QED) is 0.252. The van der Waals surface area contributed by atoms with Crippen LogP contribution in [0.3, 0.4) is 0 Å². The molecule has 0 radical (unpaired) electrons. The van der Waals surface area contributed by atoms with Gasteiger partial charge in [-0.05, 0) is 13.3 Å². The van der Waals surface area contributed by atoms with E-state index in [0.29, 0.717) is 6.42 Å². The minimum atomic E-state index is -2.67. The number of aliphatic hydroxyl groups excluding tert-OH is 2. The Bertz CT molecular complexity index is 426. The van der Waals surface area contributed by atoms with Crippen molar-refractivity contribution in [2.75, 3.05) is 13.2 Å². The first-order valence-electron chi connectivity index (χ1n) is 7.08. The predicted molar refractivity (Wildman–Crippen MR) is 77.8 cm³/mol. The lowest BCUT2D eigenvalue weighted by Gasteiger charge is -2.43. The molecule has 0 fully saturated rings. The minimum absolute atomic E-state index is 0.167. The third-order valence-corrected chi connectivity index (χ3v) is 3.46. The number of amides is 2. The van der Waals surface area contributed by atoms with Crippen LogP contribution < -0.4 is 10.6 Å². The number of esters is 1. The van der Waals surface area contributed by atoms with Crippen LogP contribution in [0.25, 0.3) is 0 Å². The molecule has 0 heterocycles. The van der Waals surface area contributed by atoms with E-state index >= 15 is 0 Å². The van der Waals surface area contributed by atoms with Gasteiger partial charge in [-0.2, -0.15) is 0 Å². The monoisotopic (exact) mass is 336 g/mol. The van der Waals surface area contributed by atoms with Gasteiger partial charge in [-0.1, -0.05) is 20.3 Å². The maximum absolute atomic E-state index is 12.2. The Labute approximate surface area is 133 Å². The van der Waals surface area contributed by atoms with Gasteiger partial charge in [-0.15, -0.1) is 0 Å². The summed E-state index contributed by atoms with van der Waals surface area (Å²) in [6, 6.07) is 0. The summed E-state index contributed by atoms with van der Waals surface area (Å²) in [6.45, 7) is 3.82. The molecule has 0 aromatic heterocycles. The Morgan fingerprint density at radius 1 is 1.13 bits per heavy atom. The number of nitrogens with one attached hydrogen (secondary N) is 2. The Kier molecular flexibility index (Phi) is 7.77. The number of aliphatic hydroxyl groups is 2. The fourth-order valence-electron chi connectivity index (χ4n) is 2.36. The smallest absolute Gasteiger partial charge is 0.407 e. The summed E-state index contributed by atoms with van der Waals surface area (Å²) < 4.78 is 4.72. The third-order valence-electron chi connectivity index (χ3n) is 3.46. The van der Waals surface area contributed by atoms with Gasteiger partial charge >= 0.3 is 18.2 Å². The van der Waals surface area contributed by atoms with E-state index in [-0.39, 0.29) is 13.0 Å². The van der Waals surface area contributed by atoms with Gasteiger partial charge in [0.1, 0.15) is 6.10 Å². The molecule has 23 heavy (non-hydrogen) atoms. The number of hydrogen-bond donors (Lipinski definition) is 6. The molecule has 0 saturated heterocycles. The standard InChI is InChI=1S/C13H24N2O8/c1-4-6-12(3,7-16)8(17)13(14-10(19)20,15-11(21)22)9(18)23-5-2/h8,14-17H,4-7H2,1-3H3,(H,19,20)(H,21,22). The molecule has 0 aromatic rings. The van der Waals surface area contributed by atoms with Crippen molar-refractivity contribution in [2.24, 2.45) is 5.41 Å². The van der Waals surface area contributed by atoms with Crippen LogP contribution in [0.5, 0.6) is 0 Å². The van der Waals surface area contributed by atoms with Crippen molar-refractivity contribution in [1.29, 1.82) is 0 Å². The summed E-state index contributed by atoms with van der Waals surface area (Å²) in [7, 11) is 0. The van der Waals surface area contributed by atoms with Gasteiger partial charge in [0, 0.05) is 5.41 Å². The van der Waals surface area contributed by atoms with E-state index in [1.165, 1.54) is 13.8 Å². The highest BCUT2D eigenvalue weighted by Gasteiger charge is 2.56. The SMILES string of the molecule is CCCC(C)(CO)C(O)C(NC(=O)O)(NC(=O)O)C(=O)OCC. The lowest BCUT2D eigenvalue weighted by atomic mass is 9.75. The Balaban J connectivity index is 6.08. The number of carbonyl (C=O) groups excluding carboxylic acids is 1. The summed E-state index contributed by atoms with van der Waals surface area (Å²) in [5.41, 5.74) is -4.02. The average molecular weight is 336 g/mol. The normalized spacial score (nSPS) is 15.2. The molecule has 2 amide bonds. The first-order chi connectivity index (χ1) is 10.6. The van der Waals surface area contributed by atoms with Crippen LogP contribution in [0, 0.1) is 5.41 Å². The van der Waals surface area contributed by atoms with Crippen molar-refractivity contribution in [3.8, 4) is 0 Å². The highest BCUT2D eigenvalue weighted by atomic mass is 16.5. The molecule has 0 aliphatic rings. The average Bonchev–Trinajstić information content (AvgIpc) is 2.44. The molecule has 0 aliphatic heterocycles. The van der Waals surface area contributed by atoms with Crippen molar-refractivity contribution >= 4 is 18.2 Å². The minimum Gasteiger partial charge on any atom is -0.465 e. The zero-order chi connectivity index (χ0) is 18.3. The van der Waals surface area contributed by atoms with Crippen LogP contribution in [0.4, 0.5) is 9.59 Å². The van der Waals surface area contributed by atoms with Gasteiger partial charge in [-0.25, -0.2) is 14.4 Å². The summed E-state index contributed by atoms with van der Waals surface area (Å²) in [5, 5.41) is 41.5. The van der Waals surface area contributed by atoms with E-state index in [0.717, 1.165) is 0 Å². The van der Waals surface area contributed by atoms with Gasteiger partial charge in [0.2, 0.25) is 5.66 Å². The first-order valence-corrected chi connectivity index (χ1v) is 7.08. The molecule has 0 aliphatic carbocycles. The van der Waals surface area contributed by atoms with Gasteiger partial charge in [0.25, 0.3) is 0 Å². The van der Waals surface area contributed by atoms with Crippen LogP contribution in [-0.4, -0.2) is 63.6 Å². The second-order valence-corrected chi connectivity index (χ2v) is 5.35. The fourth-order valence-corrected chi connectivity index (χ4v) is 2.36. The number of carboxylic acid groups (broad SMARTS) is 2. The van der Waals surface area contributed by atoms with E-state index in [1.807, 2.05) is 0 Å². The first kappa shape index (κ1) is 20.9. The van der Waals surface area contributed by atoms with Crippen molar-refractivity contribution in [3.05, 3.63) is 0 Å². The topological polar surface area (TPSA) is 165 Å². The fraction of sp³-hybridized carbons (Fsp3) is 0.769. The Morgan fingerprint density at radius 3 is 1.91 bits per heavy atom. The molecule has 10 nitrogen and oxygen atoms in total. The Hall–Kier alpha value is -2.07. The van der Waals surface area contributed by atoms with Crippen molar-refractivity contribution in [1.82, 2.24) is 10.6 Å². The van der Waals surface area contributed by atoms with E-state index < -0.39 is 41.9 Å². The number of ether oxygens (including phenoxy) is 1. The van der Waals surface area contributed by atoms with Gasteiger partial charge in [-0.3, -0.25) is 10.6 Å². The number of rotatable bonds is 9. The molecule has 134 valence electrons.